The second-order valence-corrected chi connectivity index (χ2v) is 5.53. The van der Waals surface area contributed by atoms with Crippen LogP contribution in [0.5, 0.6) is 0 Å². The highest BCUT2D eigenvalue weighted by atomic mass is 16.1. The van der Waals surface area contributed by atoms with Crippen LogP contribution in [0.2, 0.25) is 0 Å². The molecule has 1 rings (SSSR count). The molecule has 0 radical (unpaired) electrons. The maximum atomic E-state index is 11.9. The Balaban J connectivity index is 2.82. The highest BCUT2D eigenvalue weighted by molar-refractivity contribution is 5.95. The molecule has 0 atom stereocenters. The Morgan fingerprint density at radius 3 is 2.50 bits per heavy atom. The quantitative estimate of drug-likeness (QED) is 0.723. The van der Waals surface area contributed by atoms with Crippen molar-refractivity contribution in [3.05, 3.63) is 11.3 Å². The van der Waals surface area contributed by atoms with E-state index in [0.29, 0.717) is 17.6 Å². The summed E-state index contributed by atoms with van der Waals surface area (Å²) >= 11 is 0. The van der Waals surface area contributed by atoms with Gasteiger partial charge in [-0.3, -0.25) is 4.79 Å². The third-order valence-corrected chi connectivity index (χ3v) is 3.24. The lowest BCUT2D eigenvalue weighted by Gasteiger charge is -2.13. The molecule has 0 saturated carbocycles. The van der Waals surface area contributed by atoms with Gasteiger partial charge in [0.2, 0.25) is 0 Å². The van der Waals surface area contributed by atoms with Crippen LogP contribution < -0.4 is 5.32 Å². The van der Waals surface area contributed by atoms with E-state index >= 15 is 0 Å². The summed E-state index contributed by atoms with van der Waals surface area (Å²) in [6.07, 6.45) is 4.87. The maximum Gasteiger partial charge on any atom is 0.160 e. The van der Waals surface area contributed by atoms with Gasteiger partial charge in [0.1, 0.15) is 0 Å². The van der Waals surface area contributed by atoms with Gasteiger partial charge in [0.15, 0.2) is 5.78 Å². The number of carbonyl (C=O) groups excluding carboxylic acids is 1. The van der Waals surface area contributed by atoms with E-state index in [4.69, 9.17) is 0 Å². The normalized spacial score (nSPS) is 21.8. The largest absolute Gasteiger partial charge is 0.387 e. The van der Waals surface area contributed by atoms with E-state index in [9.17, 15) is 4.79 Å². The number of unbranched alkanes of at least 4 members (excludes halogenated alkanes) is 1. The average Bonchev–Trinajstić information content (AvgIpc) is 2.59. The van der Waals surface area contributed by atoms with E-state index < -0.39 is 0 Å². The molecule has 0 bridgehead atoms. The second kappa shape index (κ2) is 5.51. The van der Waals surface area contributed by atoms with Crippen LogP contribution in [0, 0.1) is 5.41 Å². The van der Waals surface area contributed by atoms with E-state index in [1.54, 1.807) is 0 Å². The average molecular weight is 223 g/mol. The minimum absolute atomic E-state index is 0.306. The fourth-order valence-corrected chi connectivity index (χ4v) is 2.19. The minimum Gasteiger partial charge on any atom is -0.387 e. The number of carbonyl (C=O) groups is 1. The van der Waals surface area contributed by atoms with Gasteiger partial charge in [0.05, 0.1) is 0 Å². The summed E-state index contributed by atoms with van der Waals surface area (Å²) in [5.41, 5.74) is 2.58. The van der Waals surface area contributed by atoms with Crippen molar-refractivity contribution in [2.75, 3.05) is 6.54 Å². The number of hydrogen-bond acceptors (Lipinski definition) is 2. The van der Waals surface area contributed by atoms with Crippen molar-refractivity contribution in [3.63, 3.8) is 0 Å². The van der Waals surface area contributed by atoms with Crippen LogP contribution in [0.3, 0.4) is 0 Å². The fraction of sp³-hybridized carbons (Fsp3) is 0.786. The molecular formula is C14H25NO. The number of allylic oxidation sites excluding steroid dienone is 2. The molecule has 92 valence electrons. The molecule has 0 unspecified atom stereocenters. The van der Waals surface area contributed by atoms with Crippen molar-refractivity contribution < 1.29 is 4.79 Å². The van der Waals surface area contributed by atoms with Crippen LogP contribution in [-0.4, -0.2) is 12.3 Å². The van der Waals surface area contributed by atoms with Crippen molar-refractivity contribution in [1.82, 2.24) is 5.32 Å². The number of Topliss-reactive ketones (excluding diaryl/α,β-unsaturated/α-hetero) is 1. The molecule has 16 heavy (non-hydrogen) atoms. The first-order chi connectivity index (χ1) is 7.50. The Morgan fingerprint density at radius 1 is 1.38 bits per heavy atom. The first kappa shape index (κ1) is 13.3. The predicted octanol–water partition coefficient (Wildman–Crippen LogP) is 3.43. The van der Waals surface area contributed by atoms with E-state index in [1.165, 1.54) is 5.70 Å². The zero-order valence-electron chi connectivity index (χ0n) is 11.2. The molecule has 0 aromatic rings. The molecule has 1 saturated heterocycles. The topological polar surface area (TPSA) is 29.1 Å². The third-order valence-electron chi connectivity index (χ3n) is 3.24. The van der Waals surface area contributed by atoms with Gasteiger partial charge in [-0.15, -0.1) is 0 Å². The van der Waals surface area contributed by atoms with Gasteiger partial charge in [-0.05, 0) is 24.7 Å². The molecule has 1 aliphatic rings. The predicted molar refractivity (Wildman–Crippen MR) is 68.2 cm³/mol. The lowest BCUT2D eigenvalue weighted by molar-refractivity contribution is -0.115. The zero-order chi connectivity index (χ0) is 12.2. The highest BCUT2D eigenvalue weighted by Crippen LogP contribution is 2.32. The van der Waals surface area contributed by atoms with Gasteiger partial charge in [0, 0.05) is 24.2 Å². The van der Waals surface area contributed by atoms with E-state index in [-0.39, 0.29) is 0 Å². The van der Waals surface area contributed by atoms with Crippen LogP contribution in [0.15, 0.2) is 11.3 Å². The molecule has 0 aliphatic carbocycles. The molecule has 1 heterocycles. The van der Waals surface area contributed by atoms with Crippen LogP contribution in [-0.2, 0) is 4.79 Å². The summed E-state index contributed by atoms with van der Waals surface area (Å²) < 4.78 is 0. The van der Waals surface area contributed by atoms with Crippen molar-refractivity contribution in [2.24, 2.45) is 5.41 Å². The number of nitrogens with one attached hydrogen (secondary N) is 1. The SMILES string of the molecule is CCCC/C(C(=O)CC)=C1\CC(C)(C)CN1. The molecule has 1 aliphatic heterocycles. The monoisotopic (exact) mass is 223 g/mol. The smallest absolute Gasteiger partial charge is 0.160 e. The first-order valence-corrected chi connectivity index (χ1v) is 6.49. The van der Waals surface area contributed by atoms with Crippen molar-refractivity contribution >= 4 is 5.78 Å². The number of rotatable bonds is 5. The van der Waals surface area contributed by atoms with Crippen LogP contribution in [0.1, 0.15) is 59.8 Å². The molecule has 0 aromatic heterocycles. The fourth-order valence-electron chi connectivity index (χ4n) is 2.19. The Labute approximate surface area is 99.5 Å². The Morgan fingerprint density at radius 2 is 2.06 bits per heavy atom. The number of ketones is 1. The first-order valence-electron chi connectivity index (χ1n) is 6.49. The molecule has 0 aromatic carbocycles. The van der Waals surface area contributed by atoms with Gasteiger partial charge < -0.3 is 5.32 Å². The Hall–Kier alpha value is -0.790. The van der Waals surface area contributed by atoms with Crippen molar-refractivity contribution in [1.29, 1.82) is 0 Å². The zero-order valence-corrected chi connectivity index (χ0v) is 11.2. The summed E-state index contributed by atoms with van der Waals surface area (Å²) in [7, 11) is 0. The molecule has 2 nitrogen and oxygen atoms in total. The number of hydrogen-bond donors (Lipinski definition) is 1. The summed E-state index contributed by atoms with van der Waals surface area (Å²) in [5.74, 6) is 0.327. The van der Waals surface area contributed by atoms with Crippen LogP contribution in [0.25, 0.3) is 0 Å². The van der Waals surface area contributed by atoms with Crippen molar-refractivity contribution in [3.8, 4) is 0 Å². The van der Waals surface area contributed by atoms with Crippen molar-refractivity contribution in [2.45, 2.75) is 59.8 Å². The van der Waals surface area contributed by atoms with E-state index in [0.717, 1.165) is 37.8 Å². The molecule has 2 heteroatoms. The lowest BCUT2D eigenvalue weighted by atomic mass is 9.89. The highest BCUT2D eigenvalue weighted by Gasteiger charge is 2.29. The molecule has 0 amide bonds. The molecule has 1 N–H and O–H groups in total. The standard InChI is InChI=1S/C14H25NO/c1-5-7-8-11(13(16)6-2)12-9-14(3,4)10-15-12/h15H,5-10H2,1-4H3/b12-11-. The van der Waals surface area contributed by atoms with Crippen LogP contribution in [0.4, 0.5) is 0 Å². The van der Waals surface area contributed by atoms with Gasteiger partial charge in [0.25, 0.3) is 0 Å². The summed E-state index contributed by atoms with van der Waals surface area (Å²) in [4.78, 5) is 11.9. The summed E-state index contributed by atoms with van der Waals surface area (Å²) in [6, 6.07) is 0. The van der Waals surface area contributed by atoms with E-state index in [1.807, 2.05) is 6.92 Å². The van der Waals surface area contributed by atoms with Gasteiger partial charge in [-0.2, -0.15) is 0 Å². The molecule has 0 spiro atoms. The Bertz CT molecular complexity index is 289. The van der Waals surface area contributed by atoms with Gasteiger partial charge in [-0.1, -0.05) is 34.1 Å². The van der Waals surface area contributed by atoms with E-state index in [2.05, 4.69) is 26.1 Å². The summed E-state index contributed by atoms with van der Waals surface area (Å²) in [5, 5.41) is 3.43. The molecular weight excluding hydrogens is 198 g/mol. The van der Waals surface area contributed by atoms with Gasteiger partial charge in [-0.25, -0.2) is 0 Å². The second-order valence-electron chi connectivity index (χ2n) is 5.53. The summed E-state index contributed by atoms with van der Waals surface area (Å²) in [6.45, 7) is 9.62. The lowest BCUT2D eigenvalue weighted by Crippen LogP contribution is -2.16. The maximum absolute atomic E-state index is 11.9. The van der Waals surface area contributed by atoms with Gasteiger partial charge >= 0.3 is 0 Å². The third kappa shape index (κ3) is 3.36. The minimum atomic E-state index is 0.306. The Kier molecular flexibility index (Phi) is 4.57. The van der Waals surface area contributed by atoms with Crippen LogP contribution >= 0.6 is 0 Å². The molecule has 1 fully saturated rings.